The molecule has 0 spiro atoms. The van der Waals surface area contributed by atoms with Crippen molar-refractivity contribution in [2.45, 2.75) is 12.7 Å². The molecule has 0 aromatic carbocycles. The van der Waals surface area contributed by atoms with E-state index < -0.39 is 5.79 Å². The van der Waals surface area contributed by atoms with Crippen LogP contribution in [0.5, 0.6) is 0 Å². The van der Waals surface area contributed by atoms with E-state index in [0.717, 1.165) is 0 Å². The predicted octanol–water partition coefficient (Wildman–Crippen LogP) is 2.42. The first-order valence-electron chi connectivity index (χ1n) is 4.92. The second kappa shape index (κ2) is 8.83. The van der Waals surface area contributed by atoms with Crippen LogP contribution >= 0.6 is 0 Å². The van der Waals surface area contributed by atoms with Crippen LogP contribution < -0.4 is 0 Å². The van der Waals surface area contributed by atoms with Gasteiger partial charge in [0.05, 0.1) is 0 Å². The van der Waals surface area contributed by atoms with Crippen molar-refractivity contribution in [3.8, 4) is 0 Å². The minimum absolute atomic E-state index is 0.604. The molecule has 0 radical (unpaired) electrons. The number of rotatable bonds is 3. The normalized spacial score (nSPS) is 17.7. The third kappa shape index (κ3) is 6.92. The van der Waals surface area contributed by atoms with Gasteiger partial charge in [0.2, 0.25) is 5.79 Å². The molecule has 0 aromatic rings. The third-order valence-electron chi connectivity index (χ3n) is 1.91. The molecule has 0 amide bonds. The summed E-state index contributed by atoms with van der Waals surface area (Å²) >= 11 is 0. The summed E-state index contributed by atoms with van der Waals surface area (Å²) in [6, 6.07) is 0. The van der Waals surface area contributed by atoms with Crippen LogP contribution in [0.2, 0.25) is 0 Å². The van der Waals surface area contributed by atoms with E-state index in [1.165, 1.54) is 14.2 Å². The standard InChI is InChI=1S/C8H8.C5H10O3/c1-2-4-6-8-7-5-3-1;1-5(4-6,7-2)8-3/h1-8H;4H,1-3H3/b2-1-,3-1?,4-2?,5-3-,6-4?,7-5?,8-6?,8-7?;. The molecule has 0 unspecified atom stereocenters. The second-order valence-corrected chi connectivity index (χ2v) is 3.08. The van der Waals surface area contributed by atoms with E-state index in [4.69, 9.17) is 0 Å². The predicted molar refractivity (Wildman–Crippen MR) is 65.0 cm³/mol. The molecule has 0 saturated heterocycles. The Morgan fingerprint density at radius 1 is 0.812 bits per heavy atom. The molecule has 0 saturated carbocycles. The summed E-state index contributed by atoms with van der Waals surface area (Å²) in [6.45, 7) is 1.54. The minimum Gasteiger partial charge on any atom is -0.347 e. The summed E-state index contributed by atoms with van der Waals surface area (Å²) in [4.78, 5) is 10.0. The summed E-state index contributed by atoms with van der Waals surface area (Å²) in [6.07, 6.45) is 16.6. The van der Waals surface area contributed by atoms with Gasteiger partial charge in [-0.3, -0.25) is 4.79 Å². The highest BCUT2D eigenvalue weighted by atomic mass is 16.7. The van der Waals surface area contributed by atoms with Gasteiger partial charge in [0.15, 0.2) is 6.29 Å². The van der Waals surface area contributed by atoms with Crippen molar-refractivity contribution < 1.29 is 14.3 Å². The molecule has 1 aliphatic rings. The van der Waals surface area contributed by atoms with Crippen LogP contribution in [-0.2, 0) is 14.3 Å². The number of allylic oxidation sites excluding steroid dienone is 8. The largest absolute Gasteiger partial charge is 0.347 e. The van der Waals surface area contributed by atoms with Gasteiger partial charge in [0, 0.05) is 14.2 Å². The fourth-order valence-corrected chi connectivity index (χ4v) is 0.693. The number of methoxy groups -OCH3 is 2. The van der Waals surface area contributed by atoms with Crippen LogP contribution in [0, 0.1) is 0 Å². The van der Waals surface area contributed by atoms with E-state index in [9.17, 15) is 4.79 Å². The fourth-order valence-electron chi connectivity index (χ4n) is 0.693. The van der Waals surface area contributed by atoms with E-state index in [0.29, 0.717) is 6.29 Å². The maximum absolute atomic E-state index is 10.0. The molecule has 0 heterocycles. The highest BCUT2D eigenvalue weighted by molar-refractivity contribution is 5.59. The zero-order chi connectivity index (χ0) is 12.3. The van der Waals surface area contributed by atoms with Gasteiger partial charge in [-0.2, -0.15) is 0 Å². The van der Waals surface area contributed by atoms with E-state index in [1.807, 2.05) is 48.6 Å². The first kappa shape index (κ1) is 14.6. The second-order valence-electron chi connectivity index (χ2n) is 3.08. The van der Waals surface area contributed by atoms with Gasteiger partial charge >= 0.3 is 0 Å². The molecule has 0 atom stereocenters. The molecule has 16 heavy (non-hydrogen) atoms. The maximum atomic E-state index is 10.0. The van der Waals surface area contributed by atoms with Gasteiger partial charge in [0.25, 0.3) is 0 Å². The van der Waals surface area contributed by atoms with Crippen LogP contribution in [0.15, 0.2) is 48.6 Å². The Morgan fingerprint density at radius 3 is 1.12 bits per heavy atom. The Morgan fingerprint density at radius 2 is 1.06 bits per heavy atom. The molecule has 0 bridgehead atoms. The van der Waals surface area contributed by atoms with Crippen molar-refractivity contribution in [1.82, 2.24) is 0 Å². The summed E-state index contributed by atoms with van der Waals surface area (Å²) in [7, 11) is 2.83. The van der Waals surface area contributed by atoms with Crippen molar-refractivity contribution in [3.63, 3.8) is 0 Å². The Bertz CT molecular complexity index is 238. The molecule has 3 heteroatoms. The quantitative estimate of drug-likeness (QED) is 0.543. The highest BCUT2D eigenvalue weighted by Gasteiger charge is 2.20. The number of aldehydes is 1. The van der Waals surface area contributed by atoms with Crippen LogP contribution in [0.1, 0.15) is 6.92 Å². The van der Waals surface area contributed by atoms with Crippen molar-refractivity contribution in [1.29, 1.82) is 0 Å². The van der Waals surface area contributed by atoms with Gasteiger partial charge in [-0.1, -0.05) is 48.6 Å². The summed E-state index contributed by atoms with van der Waals surface area (Å²) in [5, 5.41) is 0. The molecule has 88 valence electrons. The lowest BCUT2D eigenvalue weighted by atomic mass is 10.3. The number of ether oxygens (including phenoxy) is 2. The first-order chi connectivity index (χ1) is 7.68. The molecular formula is C13H18O3. The van der Waals surface area contributed by atoms with Gasteiger partial charge < -0.3 is 9.47 Å². The molecule has 0 fully saturated rings. The van der Waals surface area contributed by atoms with Crippen LogP contribution in [-0.4, -0.2) is 26.3 Å². The smallest absolute Gasteiger partial charge is 0.222 e. The maximum Gasteiger partial charge on any atom is 0.222 e. The Balaban J connectivity index is 0.000000281. The van der Waals surface area contributed by atoms with Gasteiger partial charge in [-0.05, 0) is 6.92 Å². The van der Waals surface area contributed by atoms with Gasteiger partial charge in [-0.15, -0.1) is 0 Å². The summed E-state index contributed by atoms with van der Waals surface area (Å²) in [5.41, 5.74) is 0. The Kier molecular flexibility index (Phi) is 8.03. The average molecular weight is 222 g/mol. The van der Waals surface area contributed by atoms with Gasteiger partial charge in [0.1, 0.15) is 0 Å². The molecule has 0 N–H and O–H groups in total. The Hall–Kier alpha value is -1.45. The lowest BCUT2D eigenvalue weighted by Crippen LogP contribution is -2.30. The summed E-state index contributed by atoms with van der Waals surface area (Å²) < 4.78 is 9.29. The van der Waals surface area contributed by atoms with E-state index in [2.05, 4.69) is 9.47 Å². The van der Waals surface area contributed by atoms with Crippen molar-refractivity contribution in [2.75, 3.05) is 14.2 Å². The number of carbonyl (C=O) groups is 1. The number of hydrogen-bond acceptors (Lipinski definition) is 3. The lowest BCUT2D eigenvalue weighted by molar-refractivity contribution is -0.186. The lowest BCUT2D eigenvalue weighted by Gasteiger charge is -2.17. The van der Waals surface area contributed by atoms with Gasteiger partial charge in [-0.25, -0.2) is 0 Å². The molecule has 3 nitrogen and oxygen atoms in total. The summed E-state index contributed by atoms with van der Waals surface area (Å²) in [5.74, 6) is -1.06. The SMILES string of the molecule is C1=C/C=C\C=C/C=C1.COC(C)(C=O)OC. The zero-order valence-electron chi connectivity index (χ0n) is 9.92. The highest BCUT2D eigenvalue weighted by Crippen LogP contribution is 2.03. The topological polar surface area (TPSA) is 35.5 Å². The fraction of sp³-hybridized carbons (Fsp3) is 0.308. The van der Waals surface area contributed by atoms with E-state index in [1.54, 1.807) is 6.92 Å². The molecule has 1 rings (SSSR count). The van der Waals surface area contributed by atoms with Crippen LogP contribution in [0.25, 0.3) is 0 Å². The van der Waals surface area contributed by atoms with Crippen LogP contribution in [0.4, 0.5) is 0 Å². The van der Waals surface area contributed by atoms with E-state index >= 15 is 0 Å². The Labute approximate surface area is 96.7 Å². The average Bonchev–Trinajstić information content (AvgIpc) is 2.28. The molecule has 1 aliphatic carbocycles. The van der Waals surface area contributed by atoms with E-state index in [-0.39, 0.29) is 0 Å². The zero-order valence-corrected chi connectivity index (χ0v) is 9.92. The van der Waals surface area contributed by atoms with Crippen molar-refractivity contribution in [2.24, 2.45) is 0 Å². The molecule has 0 aromatic heterocycles. The first-order valence-corrected chi connectivity index (χ1v) is 4.92. The van der Waals surface area contributed by atoms with Crippen molar-refractivity contribution in [3.05, 3.63) is 48.6 Å². The molecular weight excluding hydrogens is 204 g/mol. The number of carbonyl (C=O) groups excluding carboxylic acids is 1. The van der Waals surface area contributed by atoms with Crippen LogP contribution in [0.3, 0.4) is 0 Å². The van der Waals surface area contributed by atoms with Crippen molar-refractivity contribution >= 4 is 6.29 Å². The minimum atomic E-state index is -1.06. The third-order valence-corrected chi connectivity index (χ3v) is 1.91. The molecule has 0 aliphatic heterocycles. The monoisotopic (exact) mass is 222 g/mol. The number of hydrogen-bond donors (Lipinski definition) is 0.